The summed E-state index contributed by atoms with van der Waals surface area (Å²) < 4.78 is 9.74. The number of aromatic nitrogens is 1. The van der Waals surface area contributed by atoms with Gasteiger partial charge in [0.2, 0.25) is 0 Å². The van der Waals surface area contributed by atoms with E-state index in [4.69, 9.17) is 10.2 Å². The van der Waals surface area contributed by atoms with Crippen LogP contribution in [0.25, 0.3) is 0 Å². The maximum absolute atomic E-state index is 5.98. The Morgan fingerprint density at radius 2 is 2.36 bits per heavy atom. The molecule has 0 radical (unpaired) electrons. The Morgan fingerprint density at radius 3 is 2.93 bits per heavy atom. The van der Waals surface area contributed by atoms with Crippen molar-refractivity contribution in [2.45, 2.75) is 19.4 Å². The third-order valence-corrected chi connectivity index (χ3v) is 2.69. The van der Waals surface area contributed by atoms with Gasteiger partial charge in [-0.25, -0.2) is 0 Å². The van der Waals surface area contributed by atoms with E-state index in [0.717, 1.165) is 23.6 Å². The van der Waals surface area contributed by atoms with Crippen molar-refractivity contribution in [2.75, 3.05) is 0 Å². The molecule has 2 N–H and O–H groups in total. The van der Waals surface area contributed by atoms with Crippen LogP contribution in [0.1, 0.15) is 30.2 Å². The molecule has 0 amide bonds. The van der Waals surface area contributed by atoms with Gasteiger partial charge in [-0.15, -0.1) is 0 Å². The van der Waals surface area contributed by atoms with Crippen molar-refractivity contribution >= 4 is 11.5 Å². The van der Waals surface area contributed by atoms with Gasteiger partial charge in [0.25, 0.3) is 0 Å². The molecule has 0 spiro atoms. The van der Waals surface area contributed by atoms with Gasteiger partial charge < -0.3 is 10.2 Å². The molecule has 0 saturated heterocycles. The molecular weight excluding hydrogens is 196 g/mol. The first-order valence-corrected chi connectivity index (χ1v) is 5.39. The van der Waals surface area contributed by atoms with E-state index in [1.54, 1.807) is 0 Å². The van der Waals surface area contributed by atoms with Crippen molar-refractivity contribution in [1.29, 1.82) is 0 Å². The number of aryl methyl sites for hydroxylation is 1. The average Bonchev–Trinajstić information content (AvgIpc) is 2.88. The highest BCUT2D eigenvalue weighted by molar-refractivity contribution is 7.03. The summed E-state index contributed by atoms with van der Waals surface area (Å²) in [5, 5.41) is 1.92. The van der Waals surface area contributed by atoms with E-state index in [9.17, 15) is 0 Å². The topological polar surface area (TPSA) is 52.0 Å². The minimum Gasteiger partial charge on any atom is -0.464 e. The molecule has 1 atom stereocenters. The van der Waals surface area contributed by atoms with Crippen LogP contribution in [0.2, 0.25) is 0 Å². The van der Waals surface area contributed by atoms with E-state index >= 15 is 0 Å². The molecule has 4 heteroatoms. The monoisotopic (exact) mass is 208 g/mol. The average molecular weight is 208 g/mol. The molecule has 0 aliphatic heterocycles. The summed E-state index contributed by atoms with van der Waals surface area (Å²) in [6, 6.07) is 5.56. The van der Waals surface area contributed by atoms with Crippen LogP contribution in [0.3, 0.4) is 0 Å². The second-order valence-corrected chi connectivity index (χ2v) is 3.73. The number of hydrogen-bond donors (Lipinski definition) is 1. The van der Waals surface area contributed by atoms with E-state index in [0.29, 0.717) is 0 Å². The first-order valence-electron chi connectivity index (χ1n) is 4.55. The molecule has 2 aromatic heterocycles. The van der Waals surface area contributed by atoms with Crippen molar-refractivity contribution in [3.63, 3.8) is 0 Å². The predicted molar refractivity (Wildman–Crippen MR) is 56.2 cm³/mol. The Kier molecular flexibility index (Phi) is 2.65. The summed E-state index contributed by atoms with van der Waals surface area (Å²) in [4.78, 5) is 0. The van der Waals surface area contributed by atoms with Crippen molar-refractivity contribution in [2.24, 2.45) is 5.73 Å². The van der Waals surface area contributed by atoms with Gasteiger partial charge in [0.15, 0.2) is 0 Å². The Bertz CT molecular complexity index is 394. The minimum atomic E-state index is -0.235. The minimum absolute atomic E-state index is 0.235. The Hall–Kier alpha value is -1.13. The number of hydrogen-bond acceptors (Lipinski definition) is 4. The zero-order valence-electron chi connectivity index (χ0n) is 7.93. The molecule has 2 heterocycles. The largest absolute Gasteiger partial charge is 0.464 e. The molecule has 0 bridgehead atoms. The molecule has 0 aliphatic rings. The molecule has 14 heavy (non-hydrogen) atoms. The van der Waals surface area contributed by atoms with Gasteiger partial charge in [0.05, 0.1) is 5.69 Å². The van der Waals surface area contributed by atoms with Crippen LogP contribution < -0.4 is 5.73 Å². The maximum atomic E-state index is 5.98. The maximum Gasteiger partial charge on any atom is 0.127 e. The molecule has 0 saturated carbocycles. The van der Waals surface area contributed by atoms with Gasteiger partial charge in [0.1, 0.15) is 17.6 Å². The fourth-order valence-corrected chi connectivity index (χ4v) is 1.84. The van der Waals surface area contributed by atoms with Gasteiger partial charge in [-0.2, -0.15) is 4.37 Å². The first kappa shape index (κ1) is 9.43. The lowest BCUT2D eigenvalue weighted by Crippen LogP contribution is -2.10. The molecule has 0 fully saturated rings. The second-order valence-electron chi connectivity index (χ2n) is 3.06. The van der Waals surface area contributed by atoms with Gasteiger partial charge >= 0.3 is 0 Å². The van der Waals surface area contributed by atoms with Crippen LogP contribution in [-0.4, -0.2) is 4.37 Å². The predicted octanol–water partition coefficient (Wildman–Crippen LogP) is 2.35. The molecule has 2 aromatic rings. The van der Waals surface area contributed by atoms with E-state index in [1.165, 1.54) is 11.5 Å². The molecule has 0 aromatic carbocycles. The van der Waals surface area contributed by atoms with Crippen LogP contribution in [-0.2, 0) is 6.42 Å². The van der Waals surface area contributed by atoms with Crippen LogP contribution in [0.4, 0.5) is 0 Å². The van der Waals surface area contributed by atoms with Crippen LogP contribution >= 0.6 is 11.5 Å². The third-order valence-electron chi connectivity index (χ3n) is 2.11. The third kappa shape index (κ3) is 1.71. The SMILES string of the molecule is CCc1ccc(C(N)c2ccsn2)o1. The highest BCUT2D eigenvalue weighted by Gasteiger charge is 2.14. The fraction of sp³-hybridized carbons (Fsp3) is 0.300. The van der Waals surface area contributed by atoms with Gasteiger partial charge in [-0.1, -0.05) is 6.92 Å². The molecule has 2 rings (SSSR count). The zero-order chi connectivity index (χ0) is 9.97. The quantitative estimate of drug-likeness (QED) is 0.842. The summed E-state index contributed by atoms with van der Waals surface area (Å²) in [6.45, 7) is 2.05. The van der Waals surface area contributed by atoms with Crippen LogP contribution in [0, 0.1) is 0 Å². The van der Waals surface area contributed by atoms with E-state index in [2.05, 4.69) is 11.3 Å². The summed E-state index contributed by atoms with van der Waals surface area (Å²) in [5.74, 6) is 1.75. The van der Waals surface area contributed by atoms with Crippen molar-refractivity contribution < 1.29 is 4.42 Å². The summed E-state index contributed by atoms with van der Waals surface area (Å²) in [6.07, 6.45) is 0.893. The van der Waals surface area contributed by atoms with Crippen LogP contribution in [0.5, 0.6) is 0 Å². The highest BCUT2D eigenvalue weighted by atomic mass is 32.1. The first-order chi connectivity index (χ1) is 6.81. The summed E-state index contributed by atoms with van der Waals surface area (Å²) >= 11 is 1.40. The standard InChI is InChI=1S/C10H12N2OS/c1-2-7-3-4-9(13-7)10(11)8-5-6-14-12-8/h3-6,10H,2,11H2,1H3. The molecule has 0 aliphatic carbocycles. The number of furan rings is 1. The lowest BCUT2D eigenvalue weighted by Gasteiger charge is -2.04. The lowest BCUT2D eigenvalue weighted by molar-refractivity contribution is 0.452. The lowest BCUT2D eigenvalue weighted by atomic mass is 10.2. The number of nitrogens with two attached hydrogens (primary N) is 1. The summed E-state index contributed by atoms with van der Waals surface area (Å²) in [5.41, 5.74) is 6.85. The van der Waals surface area contributed by atoms with Crippen molar-refractivity contribution in [1.82, 2.24) is 4.37 Å². The smallest absolute Gasteiger partial charge is 0.127 e. The van der Waals surface area contributed by atoms with Gasteiger partial charge in [0, 0.05) is 11.8 Å². The van der Waals surface area contributed by atoms with E-state index in [-0.39, 0.29) is 6.04 Å². The Balaban J connectivity index is 2.23. The van der Waals surface area contributed by atoms with E-state index in [1.807, 2.05) is 23.6 Å². The summed E-state index contributed by atoms with van der Waals surface area (Å²) in [7, 11) is 0. The number of rotatable bonds is 3. The normalized spacial score (nSPS) is 13.0. The molecule has 3 nitrogen and oxygen atoms in total. The highest BCUT2D eigenvalue weighted by Crippen LogP contribution is 2.21. The van der Waals surface area contributed by atoms with E-state index < -0.39 is 0 Å². The van der Waals surface area contributed by atoms with Crippen LogP contribution in [0.15, 0.2) is 28.0 Å². The van der Waals surface area contributed by atoms with Crippen molar-refractivity contribution in [3.05, 3.63) is 40.8 Å². The Morgan fingerprint density at radius 1 is 1.50 bits per heavy atom. The van der Waals surface area contributed by atoms with Gasteiger partial charge in [-0.3, -0.25) is 0 Å². The Labute approximate surface area is 86.7 Å². The number of nitrogens with zero attached hydrogens (tertiary/aromatic N) is 1. The molecule has 74 valence electrons. The fourth-order valence-electron chi connectivity index (χ4n) is 1.28. The molecular formula is C10H12N2OS. The van der Waals surface area contributed by atoms with Crippen molar-refractivity contribution in [3.8, 4) is 0 Å². The zero-order valence-corrected chi connectivity index (χ0v) is 8.75. The second kappa shape index (κ2) is 3.94. The molecule has 1 unspecified atom stereocenters. The van der Waals surface area contributed by atoms with Gasteiger partial charge in [-0.05, 0) is 29.7 Å².